The van der Waals surface area contributed by atoms with Crippen LogP contribution in [0.2, 0.25) is 0 Å². The summed E-state index contributed by atoms with van der Waals surface area (Å²) in [6.45, 7) is 0.000282. The van der Waals surface area contributed by atoms with Crippen molar-refractivity contribution in [2.24, 2.45) is 0 Å². The fraction of sp³-hybridized carbons (Fsp3) is 0.174. The van der Waals surface area contributed by atoms with Crippen LogP contribution in [0.5, 0.6) is 11.5 Å². The standard InChI is InChI=1S/C23H18FNO5S/c24-17-6-2-1-5-16(17)13-25-18-7-3-4-8-21(18)31(27,28)22(12-23(25)26)15-9-10-19-20(11-15)30-14-29-19/h1-11,22H,12-14H2. The van der Waals surface area contributed by atoms with Gasteiger partial charge in [-0.3, -0.25) is 4.79 Å². The van der Waals surface area contributed by atoms with Gasteiger partial charge in [-0.2, -0.15) is 0 Å². The number of para-hydroxylation sites is 1. The van der Waals surface area contributed by atoms with Crippen molar-refractivity contribution in [3.05, 3.63) is 83.7 Å². The SMILES string of the molecule is O=C1CC(c2ccc3c(c2)OCO3)S(=O)(=O)c2ccccc2N1Cc1ccccc1F. The molecule has 3 aromatic carbocycles. The van der Waals surface area contributed by atoms with Gasteiger partial charge in [0.25, 0.3) is 0 Å². The summed E-state index contributed by atoms with van der Waals surface area (Å²) in [6, 6.07) is 17.4. The van der Waals surface area contributed by atoms with Crippen molar-refractivity contribution in [3.8, 4) is 11.5 Å². The van der Waals surface area contributed by atoms with E-state index in [4.69, 9.17) is 9.47 Å². The minimum absolute atomic E-state index is 0.0415. The number of anilines is 1. The number of amides is 1. The summed E-state index contributed by atoms with van der Waals surface area (Å²) in [7, 11) is -3.91. The van der Waals surface area contributed by atoms with E-state index in [2.05, 4.69) is 0 Å². The molecule has 1 atom stereocenters. The van der Waals surface area contributed by atoms with E-state index in [1.807, 2.05) is 0 Å². The zero-order chi connectivity index (χ0) is 21.6. The van der Waals surface area contributed by atoms with Gasteiger partial charge in [0, 0.05) is 12.0 Å². The highest BCUT2D eigenvalue weighted by Gasteiger charge is 2.40. The molecule has 1 unspecified atom stereocenters. The Balaban J connectivity index is 1.62. The first-order valence-corrected chi connectivity index (χ1v) is 11.3. The molecule has 0 N–H and O–H groups in total. The Morgan fingerprint density at radius 1 is 0.968 bits per heavy atom. The molecule has 2 aliphatic heterocycles. The average Bonchev–Trinajstić information content (AvgIpc) is 3.21. The predicted octanol–water partition coefficient (Wildman–Crippen LogP) is 4.01. The van der Waals surface area contributed by atoms with Gasteiger partial charge in [-0.1, -0.05) is 36.4 Å². The molecule has 6 nitrogen and oxygen atoms in total. The minimum atomic E-state index is -3.91. The van der Waals surface area contributed by atoms with E-state index in [-0.39, 0.29) is 30.3 Å². The van der Waals surface area contributed by atoms with E-state index in [1.54, 1.807) is 54.6 Å². The Bertz CT molecular complexity index is 1290. The van der Waals surface area contributed by atoms with Crippen molar-refractivity contribution in [1.29, 1.82) is 0 Å². The molecule has 0 aromatic heterocycles. The summed E-state index contributed by atoms with van der Waals surface area (Å²) in [5.74, 6) is 0.121. The van der Waals surface area contributed by atoms with Crippen LogP contribution in [0.15, 0.2) is 71.6 Å². The second kappa shape index (κ2) is 7.39. The number of sulfone groups is 1. The third-order valence-electron chi connectivity index (χ3n) is 5.55. The fourth-order valence-corrected chi connectivity index (χ4v) is 5.88. The first kappa shape index (κ1) is 19.6. The summed E-state index contributed by atoms with van der Waals surface area (Å²) in [5, 5.41) is -1.10. The number of halogens is 1. The van der Waals surface area contributed by atoms with Gasteiger partial charge < -0.3 is 14.4 Å². The molecular weight excluding hydrogens is 421 g/mol. The highest BCUT2D eigenvalue weighted by molar-refractivity contribution is 7.92. The lowest BCUT2D eigenvalue weighted by atomic mass is 10.1. The molecule has 0 aliphatic carbocycles. The topological polar surface area (TPSA) is 72.9 Å². The van der Waals surface area contributed by atoms with E-state index >= 15 is 0 Å². The van der Waals surface area contributed by atoms with E-state index in [0.29, 0.717) is 22.6 Å². The van der Waals surface area contributed by atoms with Gasteiger partial charge >= 0.3 is 0 Å². The first-order valence-electron chi connectivity index (χ1n) is 9.71. The summed E-state index contributed by atoms with van der Waals surface area (Å²) >= 11 is 0. The second-order valence-electron chi connectivity index (χ2n) is 7.39. The maximum atomic E-state index is 14.3. The van der Waals surface area contributed by atoms with Crippen LogP contribution in [0.25, 0.3) is 0 Å². The molecule has 5 rings (SSSR count). The molecule has 0 fully saturated rings. The molecule has 3 aromatic rings. The molecular formula is C23H18FNO5S. The van der Waals surface area contributed by atoms with Crippen LogP contribution in [0.1, 0.15) is 22.8 Å². The van der Waals surface area contributed by atoms with Crippen molar-refractivity contribution in [2.45, 2.75) is 23.1 Å². The largest absolute Gasteiger partial charge is 0.454 e. The smallest absolute Gasteiger partial charge is 0.231 e. The second-order valence-corrected chi connectivity index (χ2v) is 9.49. The van der Waals surface area contributed by atoms with Gasteiger partial charge in [0.15, 0.2) is 21.3 Å². The fourth-order valence-electron chi connectivity index (χ4n) is 3.97. The lowest BCUT2D eigenvalue weighted by Gasteiger charge is -2.22. The number of hydrogen-bond acceptors (Lipinski definition) is 5. The highest BCUT2D eigenvalue weighted by atomic mass is 32.2. The number of ether oxygens (including phenoxy) is 2. The van der Waals surface area contributed by atoms with E-state index in [1.165, 1.54) is 17.0 Å². The van der Waals surface area contributed by atoms with E-state index in [9.17, 15) is 17.6 Å². The van der Waals surface area contributed by atoms with Crippen LogP contribution < -0.4 is 14.4 Å². The van der Waals surface area contributed by atoms with Crippen LogP contribution in [0, 0.1) is 5.82 Å². The Hall–Kier alpha value is -3.39. The van der Waals surface area contributed by atoms with Crippen LogP contribution >= 0.6 is 0 Å². The molecule has 0 radical (unpaired) electrons. The zero-order valence-electron chi connectivity index (χ0n) is 16.3. The molecule has 0 spiro atoms. The van der Waals surface area contributed by atoms with E-state index < -0.39 is 26.8 Å². The van der Waals surface area contributed by atoms with Crippen LogP contribution in [-0.4, -0.2) is 21.1 Å². The number of hydrogen-bond donors (Lipinski definition) is 0. The Kier molecular flexibility index (Phi) is 4.66. The van der Waals surface area contributed by atoms with Crippen molar-refractivity contribution in [3.63, 3.8) is 0 Å². The van der Waals surface area contributed by atoms with Gasteiger partial charge in [-0.05, 0) is 35.9 Å². The maximum Gasteiger partial charge on any atom is 0.231 e. The summed E-state index contributed by atoms with van der Waals surface area (Å²) in [4.78, 5) is 14.7. The summed E-state index contributed by atoms with van der Waals surface area (Å²) in [5.41, 5.74) is 1.00. The Morgan fingerprint density at radius 2 is 1.71 bits per heavy atom. The molecule has 0 saturated heterocycles. The maximum absolute atomic E-state index is 14.3. The van der Waals surface area contributed by atoms with Crippen LogP contribution in [0.4, 0.5) is 10.1 Å². The van der Waals surface area contributed by atoms with Crippen LogP contribution in [0.3, 0.4) is 0 Å². The van der Waals surface area contributed by atoms with Crippen molar-refractivity contribution >= 4 is 21.4 Å². The molecule has 8 heteroatoms. The third kappa shape index (κ3) is 3.33. The lowest BCUT2D eigenvalue weighted by Crippen LogP contribution is -2.30. The average molecular weight is 439 g/mol. The summed E-state index contributed by atoms with van der Waals surface area (Å²) in [6.07, 6.45) is -0.273. The van der Waals surface area contributed by atoms with Gasteiger partial charge in [0.1, 0.15) is 5.82 Å². The molecule has 2 aliphatic rings. The number of benzene rings is 3. The van der Waals surface area contributed by atoms with Crippen molar-refractivity contribution in [2.75, 3.05) is 11.7 Å². The van der Waals surface area contributed by atoms with Crippen molar-refractivity contribution in [1.82, 2.24) is 0 Å². The van der Waals surface area contributed by atoms with Gasteiger partial charge in [0.2, 0.25) is 12.7 Å². The Morgan fingerprint density at radius 3 is 2.55 bits per heavy atom. The predicted molar refractivity (Wildman–Crippen MR) is 111 cm³/mol. The number of nitrogens with zero attached hydrogens (tertiary/aromatic N) is 1. The first-order chi connectivity index (χ1) is 14.9. The van der Waals surface area contributed by atoms with Gasteiger partial charge in [-0.25, -0.2) is 12.8 Å². The Labute approximate surface area is 178 Å². The van der Waals surface area contributed by atoms with E-state index in [0.717, 1.165) is 0 Å². The van der Waals surface area contributed by atoms with Gasteiger partial charge in [0.05, 0.1) is 22.4 Å². The monoisotopic (exact) mass is 439 g/mol. The lowest BCUT2D eigenvalue weighted by molar-refractivity contribution is -0.118. The highest BCUT2D eigenvalue weighted by Crippen LogP contribution is 2.43. The van der Waals surface area contributed by atoms with Crippen molar-refractivity contribution < 1.29 is 27.1 Å². The molecule has 0 saturated carbocycles. The molecule has 0 bridgehead atoms. The normalized spacial score (nSPS) is 19.1. The number of fused-ring (bicyclic) bond motifs is 2. The number of rotatable bonds is 3. The molecule has 1 amide bonds. The van der Waals surface area contributed by atoms with Gasteiger partial charge in [-0.15, -0.1) is 0 Å². The number of carbonyl (C=O) groups excluding carboxylic acids is 1. The quantitative estimate of drug-likeness (QED) is 0.617. The summed E-state index contributed by atoms with van der Waals surface area (Å²) < 4.78 is 52.2. The number of carbonyl (C=O) groups is 1. The molecule has 31 heavy (non-hydrogen) atoms. The molecule has 2 heterocycles. The zero-order valence-corrected chi connectivity index (χ0v) is 17.1. The third-order valence-corrected chi connectivity index (χ3v) is 7.70. The van der Waals surface area contributed by atoms with Crippen LogP contribution in [-0.2, 0) is 21.2 Å². The minimum Gasteiger partial charge on any atom is -0.454 e. The molecule has 158 valence electrons.